The van der Waals surface area contributed by atoms with Crippen molar-refractivity contribution in [3.63, 3.8) is 0 Å². The Morgan fingerprint density at radius 1 is 0.931 bits per heavy atom. The summed E-state index contributed by atoms with van der Waals surface area (Å²) in [4.78, 5) is 15.9. The Kier molecular flexibility index (Phi) is 8.26. The van der Waals surface area contributed by atoms with Crippen LogP contribution in [-0.2, 0) is 9.53 Å². The lowest BCUT2D eigenvalue weighted by Crippen LogP contribution is -2.52. The van der Waals surface area contributed by atoms with Crippen LogP contribution >= 0.6 is 0 Å². The molecule has 2 aromatic rings. The minimum Gasteiger partial charge on any atom is -0.379 e. The van der Waals surface area contributed by atoms with Crippen LogP contribution in [0, 0.1) is 5.92 Å². The van der Waals surface area contributed by atoms with Gasteiger partial charge in [-0.3, -0.25) is 9.69 Å². The van der Waals surface area contributed by atoms with Gasteiger partial charge in [0, 0.05) is 25.7 Å². The van der Waals surface area contributed by atoms with Crippen molar-refractivity contribution in [3.05, 3.63) is 71.8 Å². The van der Waals surface area contributed by atoms with Crippen LogP contribution in [0.5, 0.6) is 0 Å². The van der Waals surface area contributed by atoms with Crippen molar-refractivity contribution < 1.29 is 9.53 Å². The lowest BCUT2D eigenvalue weighted by atomic mass is 9.89. The van der Waals surface area contributed by atoms with Gasteiger partial charge in [0.2, 0.25) is 5.91 Å². The van der Waals surface area contributed by atoms with Crippen LogP contribution in [0.15, 0.2) is 60.7 Å². The molecule has 0 aliphatic carbocycles. The van der Waals surface area contributed by atoms with E-state index in [1.54, 1.807) is 0 Å². The number of nitrogens with one attached hydrogen (secondary N) is 1. The molecule has 1 aliphatic rings. The molecule has 3 rings (SSSR count). The van der Waals surface area contributed by atoms with E-state index in [2.05, 4.69) is 24.1 Å². The molecule has 0 radical (unpaired) electrons. The average molecular weight is 395 g/mol. The number of nitrogens with zero attached hydrogens (tertiary/aromatic N) is 1. The van der Waals surface area contributed by atoms with Crippen LogP contribution in [0.1, 0.15) is 43.7 Å². The van der Waals surface area contributed by atoms with Crippen LogP contribution < -0.4 is 5.32 Å². The second-order valence-corrected chi connectivity index (χ2v) is 7.79. The zero-order chi connectivity index (χ0) is 20.5. The number of carbonyl (C=O) groups excluding carboxylic acids is 1. The Hall–Kier alpha value is -2.17. The maximum atomic E-state index is 13.4. The van der Waals surface area contributed by atoms with Gasteiger partial charge in [-0.2, -0.15) is 0 Å². The number of carbonyl (C=O) groups is 1. The lowest BCUT2D eigenvalue weighted by Gasteiger charge is -2.39. The Bertz CT molecular complexity index is 686. The first-order chi connectivity index (χ1) is 14.2. The number of ether oxygens (including phenoxy) is 1. The van der Waals surface area contributed by atoms with Crippen LogP contribution in [0.25, 0.3) is 0 Å². The van der Waals surface area contributed by atoms with Crippen molar-refractivity contribution in [1.29, 1.82) is 0 Å². The Morgan fingerprint density at radius 3 is 1.93 bits per heavy atom. The molecule has 0 spiro atoms. The fraction of sp³-hybridized carbons (Fsp3) is 0.480. The highest BCUT2D eigenvalue weighted by Gasteiger charge is 2.29. The molecular weight excluding hydrogens is 360 g/mol. The van der Waals surface area contributed by atoms with Crippen molar-refractivity contribution in [2.45, 2.75) is 38.6 Å². The SMILES string of the molecule is CCC(CC)C(CNC(=O)C(c1ccccc1)c1ccccc1)N1CCOCC1. The number of morpholine rings is 1. The molecule has 1 fully saturated rings. The molecule has 1 N–H and O–H groups in total. The quantitative estimate of drug-likeness (QED) is 0.697. The molecule has 1 unspecified atom stereocenters. The van der Waals surface area contributed by atoms with E-state index in [4.69, 9.17) is 4.74 Å². The van der Waals surface area contributed by atoms with Crippen LogP contribution in [0.4, 0.5) is 0 Å². The molecule has 1 heterocycles. The van der Waals surface area contributed by atoms with Crippen molar-refractivity contribution in [2.24, 2.45) is 5.92 Å². The molecule has 0 saturated carbocycles. The minimum absolute atomic E-state index is 0.0756. The molecule has 2 aromatic carbocycles. The van der Waals surface area contributed by atoms with Crippen molar-refractivity contribution in [3.8, 4) is 0 Å². The van der Waals surface area contributed by atoms with Gasteiger partial charge in [0.05, 0.1) is 19.1 Å². The molecule has 29 heavy (non-hydrogen) atoms. The summed E-state index contributed by atoms with van der Waals surface area (Å²) in [5.74, 6) is 0.358. The molecule has 0 aromatic heterocycles. The third-order valence-corrected chi connectivity index (χ3v) is 6.12. The summed E-state index contributed by atoms with van der Waals surface area (Å²) in [6.07, 6.45) is 2.24. The molecular formula is C25H34N2O2. The summed E-state index contributed by atoms with van der Waals surface area (Å²) >= 11 is 0. The molecule has 1 atom stereocenters. The first-order valence-corrected chi connectivity index (χ1v) is 10.9. The van der Waals surface area contributed by atoms with Gasteiger partial charge >= 0.3 is 0 Å². The van der Waals surface area contributed by atoms with Crippen molar-refractivity contribution >= 4 is 5.91 Å². The van der Waals surface area contributed by atoms with Gasteiger partial charge in [-0.15, -0.1) is 0 Å². The number of hydrogen-bond acceptors (Lipinski definition) is 3. The highest BCUT2D eigenvalue weighted by atomic mass is 16.5. The van der Waals surface area contributed by atoms with E-state index < -0.39 is 0 Å². The third-order valence-electron chi connectivity index (χ3n) is 6.12. The predicted molar refractivity (Wildman–Crippen MR) is 118 cm³/mol. The number of amides is 1. The Labute approximate surface area is 175 Å². The van der Waals surface area contributed by atoms with E-state index in [-0.39, 0.29) is 11.8 Å². The van der Waals surface area contributed by atoms with Crippen molar-refractivity contribution in [2.75, 3.05) is 32.8 Å². The topological polar surface area (TPSA) is 41.6 Å². The summed E-state index contributed by atoms with van der Waals surface area (Å²) in [6.45, 7) is 8.62. The maximum absolute atomic E-state index is 13.4. The van der Waals surface area contributed by atoms with E-state index in [9.17, 15) is 4.79 Å². The lowest BCUT2D eigenvalue weighted by molar-refractivity contribution is -0.122. The molecule has 1 saturated heterocycles. The second-order valence-electron chi connectivity index (χ2n) is 7.79. The van der Waals surface area contributed by atoms with Gasteiger partial charge in [0.25, 0.3) is 0 Å². The summed E-state index contributed by atoms with van der Waals surface area (Å²) in [5.41, 5.74) is 2.06. The van der Waals surface area contributed by atoms with Gasteiger partial charge in [-0.25, -0.2) is 0 Å². The number of benzene rings is 2. The smallest absolute Gasteiger partial charge is 0.232 e. The monoisotopic (exact) mass is 394 g/mol. The highest BCUT2D eigenvalue weighted by molar-refractivity contribution is 5.87. The van der Waals surface area contributed by atoms with Gasteiger partial charge in [0.15, 0.2) is 0 Å². The highest BCUT2D eigenvalue weighted by Crippen LogP contribution is 2.25. The normalized spacial score (nSPS) is 16.1. The summed E-state index contributed by atoms with van der Waals surface area (Å²) in [7, 11) is 0. The van der Waals surface area contributed by atoms with Gasteiger partial charge in [-0.05, 0) is 17.0 Å². The minimum atomic E-state index is -0.288. The zero-order valence-electron chi connectivity index (χ0n) is 17.7. The third kappa shape index (κ3) is 5.68. The van der Waals surface area contributed by atoms with E-state index >= 15 is 0 Å². The molecule has 4 heteroatoms. The van der Waals surface area contributed by atoms with Gasteiger partial charge < -0.3 is 10.1 Å². The first-order valence-electron chi connectivity index (χ1n) is 10.9. The fourth-order valence-corrected chi connectivity index (χ4v) is 4.43. The summed E-state index contributed by atoms with van der Waals surface area (Å²) < 4.78 is 5.55. The van der Waals surface area contributed by atoms with Crippen LogP contribution in [0.3, 0.4) is 0 Å². The predicted octanol–water partition coefficient (Wildman–Crippen LogP) is 4.07. The van der Waals surface area contributed by atoms with Gasteiger partial charge in [-0.1, -0.05) is 87.4 Å². The fourth-order valence-electron chi connectivity index (χ4n) is 4.43. The molecule has 4 nitrogen and oxygen atoms in total. The van der Waals surface area contributed by atoms with Gasteiger partial charge in [0.1, 0.15) is 0 Å². The Balaban J connectivity index is 1.77. The van der Waals surface area contributed by atoms with Crippen LogP contribution in [0.2, 0.25) is 0 Å². The molecule has 156 valence electrons. The standard InChI is InChI=1S/C25H34N2O2/c1-3-20(4-2)23(27-15-17-29-18-16-27)19-26-25(28)24(21-11-7-5-8-12-21)22-13-9-6-10-14-22/h5-14,20,23-24H,3-4,15-19H2,1-2H3,(H,26,28). The summed E-state index contributed by atoms with van der Waals surface area (Å²) in [5, 5.41) is 3.30. The first kappa shape index (κ1) is 21.5. The Morgan fingerprint density at radius 2 is 1.45 bits per heavy atom. The summed E-state index contributed by atoms with van der Waals surface area (Å²) in [6, 6.07) is 20.5. The van der Waals surface area contributed by atoms with Crippen LogP contribution in [-0.4, -0.2) is 49.7 Å². The maximum Gasteiger partial charge on any atom is 0.232 e. The molecule has 1 amide bonds. The molecule has 1 aliphatic heterocycles. The van der Waals surface area contributed by atoms with E-state index in [1.807, 2.05) is 60.7 Å². The number of hydrogen-bond donors (Lipinski definition) is 1. The van der Waals surface area contributed by atoms with E-state index in [1.165, 1.54) is 0 Å². The largest absolute Gasteiger partial charge is 0.379 e. The number of rotatable bonds is 9. The molecule has 0 bridgehead atoms. The second kappa shape index (κ2) is 11.1. The van der Waals surface area contributed by atoms with E-state index in [0.29, 0.717) is 18.5 Å². The average Bonchev–Trinajstić information content (AvgIpc) is 2.79. The van der Waals surface area contributed by atoms with Crippen molar-refractivity contribution in [1.82, 2.24) is 10.2 Å². The zero-order valence-corrected chi connectivity index (χ0v) is 17.7. The van der Waals surface area contributed by atoms with E-state index in [0.717, 1.165) is 50.3 Å².